The molecule has 0 bridgehead atoms. The third-order valence-corrected chi connectivity index (χ3v) is 4.43. The summed E-state index contributed by atoms with van der Waals surface area (Å²) in [6, 6.07) is 6.70. The summed E-state index contributed by atoms with van der Waals surface area (Å²) in [5.74, 6) is 0. The van der Waals surface area contributed by atoms with Crippen molar-refractivity contribution in [1.29, 1.82) is 0 Å². The fraction of sp³-hybridized carbons (Fsp3) is 0.571. The van der Waals surface area contributed by atoms with Crippen LogP contribution in [0.25, 0.3) is 0 Å². The molecule has 3 rings (SSSR count). The summed E-state index contributed by atoms with van der Waals surface area (Å²) in [4.78, 5) is 0. The Hall–Kier alpha value is -0.820. The molecule has 0 saturated heterocycles. The van der Waals surface area contributed by atoms with Crippen LogP contribution in [0.2, 0.25) is 0 Å². The Morgan fingerprint density at radius 2 is 1.93 bits per heavy atom. The molecule has 2 N–H and O–H groups in total. The van der Waals surface area contributed by atoms with E-state index in [0.717, 1.165) is 6.42 Å². The van der Waals surface area contributed by atoms with Gasteiger partial charge >= 0.3 is 0 Å². The molecule has 1 heteroatoms. The van der Waals surface area contributed by atoms with Crippen LogP contribution in [0.15, 0.2) is 18.2 Å². The molecule has 1 atom stereocenters. The second-order valence-electron chi connectivity index (χ2n) is 5.83. The van der Waals surface area contributed by atoms with E-state index in [4.69, 9.17) is 5.73 Å². The number of rotatable bonds is 1. The maximum atomic E-state index is 6.52. The first-order valence-corrected chi connectivity index (χ1v) is 5.95. The SMILES string of the molecule is CC1(C)CC1(N)c1cccc2c1CCC2. The summed E-state index contributed by atoms with van der Waals surface area (Å²) in [5.41, 5.74) is 11.3. The van der Waals surface area contributed by atoms with Crippen LogP contribution in [0, 0.1) is 5.41 Å². The minimum Gasteiger partial charge on any atom is -0.321 e. The van der Waals surface area contributed by atoms with Gasteiger partial charge in [-0.1, -0.05) is 32.0 Å². The van der Waals surface area contributed by atoms with Crippen molar-refractivity contribution >= 4 is 0 Å². The summed E-state index contributed by atoms with van der Waals surface area (Å²) >= 11 is 0. The highest BCUT2D eigenvalue weighted by Crippen LogP contribution is 2.61. The Morgan fingerprint density at radius 1 is 1.20 bits per heavy atom. The maximum absolute atomic E-state index is 6.52. The molecule has 0 radical (unpaired) electrons. The molecule has 0 amide bonds. The van der Waals surface area contributed by atoms with E-state index < -0.39 is 0 Å². The van der Waals surface area contributed by atoms with E-state index in [0.29, 0.717) is 5.41 Å². The second-order valence-corrected chi connectivity index (χ2v) is 5.83. The predicted molar refractivity (Wildman–Crippen MR) is 62.7 cm³/mol. The summed E-state index contributed by atoms with van der Waals surface area (Å²) in [7, 11) is 0. The van der Waals surface area contributed by atoms with E-state index in [2.05, 4.69) is 32.0 Å². The largest absolute Gasteiger partial charge is 0.321 e. The minimum absolute atomic E-state index is 0.0390. The van der Waals surface area contributed by atoms with Crippen LogP contribution in [0.4, 0.5) is 0 Å². The van der Waals surface area contributed by atoms with E-state index in [1.165, 1.54) is 24.8 Å². The topological polar surface area (TPSA) is 26.0 Å². The maximum Gasteiger partial charge on any atom is 0.0470 e. The molecule has 1 nitrogen and oxygen atoms in total. The van der Waals surface area contributed by atoms with Gasteiger partial charge in [0.1, 0.15) is 0 Å². The van der Waals surface area contributed by atoms with Crippen molar-refractivity contribution in [1.82, 2.24) is 0 Å². The van der Waals surface area contributed by atoms with Crippen molar-refractivity contribution in [3.05, 3.63) is 34.9 Å². The average Bonchev–Trinajstić information content (AvgIpc) is 2.61. The van der Waals surface area contributed by atoms with Crippen molar-refractivity contribution in [3.8, 4) is 0 Å². The molecule has 1 aromatic rings. The van der Waals surface area contributed by atoms with Gasteiger partial charge in [-0.25, -0.2) is 0 Å². The standard InChI is InChI=1S/C14H19N/c1-13(2)9-14(13,15)12-8-4-6-10-5-3-7-11(10)12/h4,6,8H,3,5,7,9,15H2,1-2H3. The highest BCUT2D eigenvalue weighted by atomic mass is 14.9. The first-order valence-electron chi connectivity index (χ1n) is 5.95. The number of aryl methyl sites for hydroxylation is 1. The van der Waals surface area contributed by atoms with Crippen LogP contribution < -0.4 is 5.73 Å². The summed E-state index contributed by atoms with van der Waals surface area (Å²) in [5, 5.41) is 0. The van der Waals surface area contributed by atoms with E-state index in [1.54, 1.807) is 11.1 Å². The van der Waals surface area contributed by atoms with Crippen LogP contribution in [-0.4, -0.2) is 0 Å². The monoisotopic (exact) mass is 201 g/mol. The van der Waals surface area contributed by atoms with Gasteiger partial charge in [0.05, 0.1) is 0 Å². The van der Waals surface area contributed by atoms with E-state index >= 15 is 0 Å². The summed E-state index contributed by atoms with van der Waals surface area (Å²) in [6.07, 6.45) is 4.93. The minimum atomic E-state index is -0.0390. The van der Waals surface area contributed by atoms with Gasteiger partial charge in [-0.15, -0.1) is 0 Å². The fourth-order valence-corrected chi connectivity index (χ4v) is 3.15. The lowest BCUT2D eigenvalue weighted by Crippen LogP contribution is -2.26. The van der Waals surface area contributed by atoms with E-state index in [1.807, 2.05) is 0 Å². The predicted octanol–water partition coefficient (Wildman–Crippen LogP) is 2.76. The molecule has 15 heavy (non-hydrogen) atoms. The molecule has 1 aromatic carbocycles. The van der Waals surface area contributed by atoms with Crippen molar-refractivity contribution < 1.29 is 0 Å². The van der Waals surface area contributed by atoms with Crippen LogP contribution in [0.1, 0.15) is 43.4 Å². The third kappa shape index (κ3) is 1.13. The summed E-state index contributed by atoms with van der Waals surface area (Å²) in [6.45, 7) is 4.56. The van der Waals surface area contributed by atoms with Crippen LogP contribution in [0.5, 0.6) is 0 Å². The van der Waals surface area contributed by atoms with Crippen LogP contribution in [-0.2, 0) is 18.4 Å². The highest BCUT2D eigenvalue weighted by Gasteiger charge is 2.60. The number of nitrogens with two attached hydrogens (primary N) is 1. The molecule has 80 valence electrons. The molecular weight excluding hydrogens is 182 g/mol. The number of hydrogen-bond acceptors (Lipinski definition) is 1. The smallest absolute Gasteiger partial charge is 0.0470 e. The van der Waals surface area contributed by atoms with Gasteiger partial charge in [0.15, 0.2) is 0 Å². The van der Waals surface area contributed by atoms with Crippen molar-refractivity contribution in [2.45, 2.75) is 45.1 Å². The lowest BCUT2D eigenvalue weighted by Gasteiger charge is -2.19. The van der Waals surface area contributed by atoms with E-state index in [-0.39, 0.29) is 5.54 Å². The molecular formula is C14H19N. The Morgan fingerprint density at radius 3 is 2.60 bits per heavy atom. The number of fused-ring (bicyclic) bond motifs is 1. The van der Waals surface area contributed by atoms with Gasteiger partial charge in [0.2, 0.25) is 0 Å². The third-order valence-electron chi connectivity index (χ3n) is 4.43. The molecule has 0 aromatic heterocycles. The number of benzene rings is 1. The fourth-order valence-electron chi connectivity index (χ4n) is 3.15. The lowest BCUT2D eigenvalue weighted by atomic mass is 9.91. The molecule has 1 saturated carbocycles. The zero-order valence-electron chi connectivity index (χ0n) is 9.64. The normalized spacial score (nSPS) is 31.4. The van der Waals surface area contributed by atoms with Gasteiger partial charge < -0.3 is 5.73 Å². The lowest BCUT2D eigenvalue weighted by molar-refractivity contribution is 0.507. The summed E-state index contributed by atoms with van der Waals surface area (Å²) < 4.78 is 0. The first kappa shape index (κ1) is 9.41. The Balaban J connectivity index is 2.11. The second kappa shape index (κ2) is 2.65. The van der Waals surface area contributed by atoms with Crippen molar-refractivity contribution in [3.63, 3.8) is 0 Å². The van der Waals surface area contributed by atoms with Gasteiger partial charge in [0, 0.05) is 5.54 Å². The van der Waals surface area contributed by atoms with Gasteiger partial charge in [0.25, 0.3) is 0 Å². The van der Waals surface area contributed by atoms with Crippen LogP contribution >= 0.6 is 0 Å². The quantitative estimate of drug-likeness (QED) is 0.743. The first-order chi connectivity index (χ1) is 7.05. The number of hydrogen-bond donors (Lipinski definition) is 1. The zero-order chi connectivity index (χ0) is 10.7. The molecule has 1 unspecified atom stereocenters. The Kier molecular flexibility index (Phi) is 1.66. The molecule has 0 aliphatic heterocycles. The average molecular weight is 201 g/mol. The van der Waals surface area contributed by atoms with Crippen molar-refractivity contribution in [2.75, 3.05) is 0 Å². The van der Waals surface area contributed by atoms with E-state index in [9.17, 15) is 0 Å². The van der Waals surface area contributed by atoms with Gasteiger partial charge in [-0.3, -0.25) is 0 Å². The molecule has 1 fully saturated rings. The van der Waals surface area contributed by atoms with Gasteiger partial charge in [-0.05, 0) is 47.8 Å². The van der Waals surface area contributed by atoms with Crippen LogP contribution in [0.3, 0.4) is 0 Å². The molecule has 0 heterocycles. The molecule has 0 spiro atoms. The Labute approximate surface area is 91.7 Å². The molecule has 2 aliphatic rings. The van der Waals surface area contributed by atoms with Gasteiger partial charge in [-0.2, -0.15) is 0 Å². The zero-order valence-corrected chi connectivity index (χ0v) is 9.64. The van der Waals surface area contributed by atoms with Crippen molar-refractivity contribution in [2.24, 2.45) is 11.1 Å². The highest BCUT2D eigenvalue weighted by molar-refractivity contribution is 5.47. The molecule has 2 aliphatic carbocycles. The Bertz CT molecular complexity index is 419.